The maximum Gasteiger partial charge on any atom is 0.335 e. The van der Waals surface area contributed by atoms with Crippen LogP contribution in [0.5, 0.6) is 0 Å². The van der Waals surface area contributed by atoms with Gasteiger partial charge in [-0.1, -0.05) is 0 Å². The minimum atomic E-state index is -0.926. The second-order valence-corrected chi connectivity index (χ2v) is 5.23. The molecular weight excluding hydrogens is 270 g/mol. The SMILES string of the molecule is Cc1nc2ccc(C(=O)O)cc2n1CCOCCN(C)C. The maximum atomic E-state index is 11.1. The van der Waals surface area contributed by atoms with Crippen LogP contribution >= 0.6 is 0 Å². The number of nitrogens with zero attached hydrogens (tertiary/aromatic N) is 3. The molecule has 2 rings (SSSR count). The molecule has 2 aromatic rings. The normalized spacial score (nSPS) is 11.4. The fourth-order valence-corrected chi connectivity index (χ4v) is 2.16. The van der Waals surface area contributed by atoms with Crippen molar-refractivity contribution in [2.45, 2.75) is 13.5 Å². The van der Waals surface area contributed by atoms with E-state index in [1.165, 1.54) is 0 Å². The van der Waals surface area contributed by atoms with Gasteiger partial charge in [0, 0.05) is 13.1 Å². The Hall–Kier alpha value is -1.92. The average molecular weight is 291 g/mol. The maximum absolute atomic E-state index is 11.1. The lowest BCUT2D eigenvalue weighted by molar-refractivity contribution is 0.0697. The Labute approximate surface area is 124 Å². The van der Waals surface area contributed by atoms with Crippen LogP contribution in [0.25, 0.3) is 11.0 Å². The van der Waals surface area contributed by atoms with E-state index < -0.39 is 5.97 Å². The number of aryl methyl sites for hydroxylation is 1. The van der Waals surface area contributed by atoms with Crippen molar-refractivity contribution in [3.05, 3.63) is 29.6 Å². The Morgan fingerprint density at radius 3 is 2.81 bits per heavy atom. The van der Waals surface area contributed by atoms with E-state index in [2.05, 4.69) is 9.88 Å². The largest absolute Gasteiger partial charge is 0.478 e. The van der Waals surface area contributed by atoms with Crippen molar-refractivity contribution in [3.63, 3.8) is 0 Å². The lowest BCUT2D eigenvalue weighted by Gasteiger charge is -2.11. The molecule has 114 valence electrons. The first-order valence-corrected chi connectivity index (χ1v) is 6.91. The molecule has 21 heavy (non-hydrogen) atoms. The van der Waals surface area contributed by atoms with E-state index >= 15 is 0 Å². The van der Waals surface area contributed by atoms with Crippen LogP contribution in [-0.4, -0.2) is 59.4 Å². The Balaban J connectivity index is 2.09. The van der Waals surface area contributed by atoms with Gasteiger partial charge in [0.1, 0.15) is 5.82 Å². The summed E-state index contributed by atoms with van der Waals surface area (Å²) >= 11 is 0. The summed E-state index contributed by atoms with van der Waals surface area (Å²) in [6, 6.07) is 4.99. The van der Waals surface area contributed by atoms with Crippen LogP contribution in [-0.2, 0) is 11.3 Å². The Morgan fingerprint density at radius 2 is 2.14 bits per heavy atom. The Bertz CT molecular complexity index is 634. The molecule has 0 radical (unpaired) electrons. The Kier molecular flexibility index (Phi) is 4.93. The molecule has 1 heterocycles. The van der Waals surface area contributed by atoms with E-state index in [9.17, 15) is 4.79 Å². The van der Waals surface area contributed by atoms with Gasteiger partial charge in [0.2, 0.25) is 0 Å². The number of likely N-dealkylation sites (N-methyl/N-ethyl adjacent to an activating group) is 1. The molecule has 0 saturated heterocycles. The fraction of sp³-hybridized carbons (Fsp3) is 0.467. The molecule has 0 atom stereocenters. The van der Waals surface area contributed by atoms with Gasteiger partial charge >= 0.3 is 5.97 Å². The zero-order valence-corrected chi connectivity index (χ0v) is 12.7. The highest BCUT2D eigenvalue weighted by Gasteiger charge is 2.10. The summed E-state index contributed by atoms with van der Waals surface area (Å²) in [7, 11) is 4.01. The second-order valence-electron chi connectivity index (χ2n) is 5.23. The first-order chi connectivity index (χ1) is 9.99. The molecule has 1 aromatic heterocycles. The molecular formula is C15H21N3O3. The Morgan fingerprint density at radius 1 is 1.38 bits per heavy atom. The van der Waals surface area contributed by atoms with Crippen LogP contribution in [0.2, 0.25) is 0 Å². The molecule has 1 N–H and O–H groups in total. The summed E-state index contributed by atoms with van der Waals surface area (Å²) in [5.74, 6) is -0.0618. The zero-order valence-electron chi connectivity index (χ0n) is 12.7. The number of hydrogen-bond acceptors (Lipinski definition) is 4. The third kappa shape index (κ3) is 3.80. The van der Waals surface area contributed by atoms with E-state index in [1.54, 1.807) is 18.2 Å². The predicted octanol–water partition coefficient (Wildman–Crippen LogP) is 1.62. The van der Waals surface area contributed by atoms with Gasteiger partial charge in [-0.15, -0.1) is 0 Å². The van der Waals surface area contributed by atoms with Crippen molar-refractivity contribution < 1.29 is 14.6 Å². The minimum Gasteiger partial charge on any atom is -0.478 e. The van der Waals surface area contributed by atoms with Crippen LogP contribution in [0.1, 0.15) is 16.2 Å². The molecule has 0 fully saturated rings. The van der Waals surface area contributed by atoms with Crippen molar-refractivity contribution in [1.29, 1.82) is 0 Å². The van der Waals surface area contributed by atoms with Crippen molar-refractivity contribution in [1.82, 2.24) is 14.5 Å². The first-order valence-electron chi connectivity index (χ1n) is 6.91. The zero-order chi connectivity index (χ0) is 15.4. The number of carboxylic acid groups (broad SMARTS) is 1. The molecule has 0 aliphatic heterocycles. The smallest absolute Gasteiger partial charge is 0.335 e. The molecule has 0 amide bonds. The molecule has 0 spiro atoms. The number of ether oxygens (including phenoxy) is 1. The number of rotatable bonds is 7. The van der Waals surface area contributed by atoms with Gasteiger partial charge in [0.05, 0.1) is 29.8 Å². The molecule has 6 nitrogen and oxygen atoms in total. The third-order valence-electron chi connectivity index (χ3n) is 3.33. The highest BCUT2D eigenvalue weighted by Crippen LogP contribution is 2.18. The highest BCUT2D eigenvalue weighted by atomic mass is 16.5. The lowest BCUT2D eigenvalue weighted by Crippen LogP contribution is -2.19. The number of aromatic nitrogens is 2. The molecule has 0 saturated carbocycles. The molecule has 6 heteroatoms. The van der Waals surface area contributed by atoms with E-state index in [1.807, 2.05) is 25.6 Å². The summed E-state index contributed by atoms with van der Waals surface area (Å²) in [4.78, 5) is 17.6. The molecule has 0 bridgehead atoms. The van der Waals surface area contributed by atoms with Crippen LogP contribution in [0, 0.1) is 6.92 Å². The molecule has 0 aliphatic carbocycles. The highest BCUT2D eigenvalue weighted by molar-refractivity contribution is 5.92. The summed E-state index contributed by atoms with van der Waals surface area (Å²) in [6.45, 7) is 4.72. The summed E-state index contributed by atoms with van der Waals surface area (Å²) in [6.07, 6.45) is 0. The molecule has 0 unspecified atom stereocenters. The number of carboxylic acids is 1. The summed E-state index contributed by atoms with van der Waals surface area (Å²) in [5.41, 5.74) is 1.92. The quantitative estimate of drug-likeness (QED) is 0.785. The van der Waals surface area contributed by atoms with Gasteiger partial charge in [-0.3, -0.25) is 0 Å². The fourth-order valence-electron chi connectivity index (χ4n) is 2.16. The van der Waals surface area contributed by atoms with Crippen LogP contribution in [0.3, 0.4) is 0 Å². The number of fused-ring (bicyclic) bond motifs is 1. The van der Waals surface area contributed by atoms with Gasteiger partial charge in [-0.2, -0.15) is 0 Å². The molecule has 0 aliphatic rings. The van der Waals surface area contributed by atoms with Crippen molar-refractivity contribution in [3.8, 4) is 0 Å². The number of carbonyl (C=O) groups is 1. The van der Waals surface area contributed by atoms with Gasteiger partial charge < -0.3 is 19.3 Å². The first kappa shape index (κ1) is 15.5. The number of hydrogen-bond donors (Lipinski definition) is 1. The third-order valence-corrected chi connectivity index (χ3v) is 3.33. The lowest BCUT2D eigenvalue weighted by atomic mass is 10.2. The number of benzene rings is 1. The van der Waals surface area contributed by atoms with Crippen LogP contribution in [0.15, 0.2) is 18.2 Å². The minimum absolute atomic E-state index is 0.275. The number of aromatic carboxylic acids is 1. The summed E-state index contributed by atoms with van der Waals surface area (Å²) < 4.78 is 7.59. The average Bonchev–Trinajstić information content (AvgIpc) is 2.73. The van der Waals surface area contributed by atoms with Gasteiger partial charge in [0.15, 0.2) is 0 Å². The van der Waals surface area contributed by atoms with E-state index in [0.29, 0.717) is 19.8 Å². The van der Waals surface area contributed by atoms with Crippen molar-refractivity contribution in [2.24, 2.45) is 0 Å². The van der Waals surface area contributed by atoms with Crippen molar-refractivity contribution >= 4 is 17.0 Å². The van der Waals surface area contributed by atoms with E-state index in [-0.39, 0.29) is 5.56 Å². The second kappa shape index (κ2) is 6.69. The van der Waals surface area contributed by atoms with E-state index in [4.69, 9.17) is 9.84 Å². The van der Waals surface area contributed by atoms with Crippen molar-refractivity contribution in [2.75, 3.05) is 33.9 Å². The predicted molar refractivity (Wildman–Crippen MR) is 80.8 cm³/mol. The van der Waals surface area contributed by atoms with E-state index in [0.717, 1.165) is 23.4 Å². The monoisotopic (exact) mass is 291 g/mol. The van der Waals surface area contributed by atoms with Gasteiger partial charge in [-0.05, 0) is 39.2 Å². The van der Waals surface area contributed by atoms with Gasteiger partial charge in [0.25, 0.3) is 0 Å². The topological polar surface area (TPSA) is 67.6 Å². The van der Waals surface area contributed by atoms with Crippen LogP contribution < -0.4 is 0 Å². The molecule has 1 aromatic carbocycles. The van der Waals surface area contributed by atoms with Gasteiger partial charge in [-0.25, -0.2) is 9.78 Å². The summed E-state index contributed by atoms with van der Waals surface area (Å²) in [5, 5.41) is 9.08. The number of imidazole rings is 1. The standard InChI is InChI=1S/C15H21N3O3/c1-11-16-13-5-4-12(15(19)20)10-14(13)18(11)7-9-21-8-6-17(2)3/h4-5,10H,6-9H2,1-3H3,(H,19,20). The van der Waals surface area contributed by atoms with Crippen LogP contribution in [0.4, 0.5) is 0 Å².